The maximum atomic E-state index is 13.3. The van der Waals surface area contributed by atoms with E-state index in [0.717, 1.165) is 38.5 Å². The zero-order chi connectivity index (χ0) is 48.3. The van der Waals surface area contributed by atoms with Gasteiger partial charge in [-0.1, -0.05) is 194 Å². The van der Waals surface area contributed by atoms with Gasteiger partial charge in [-0.25, -0.2) is 9.36 Å². The van der Waals surface area contributed by atoms with Gasteiger partial charge in [-0.05, 0) is 47.5 Å². The summed E-state index contributed by atoms with van der Waals surface area (Å²) >= 11 is 0. The number of hydrogen-bond acceptors (Lipinski definition) is 11. The fraction of sp³-hybridized carbons (Fsp3) is 0.942. The van der Waals surface area contributed by atoms with Crippen LogP contribution in [0.1, 0.15) is 260 Å². The summed E-state index contributed by atoms with van der Waals surface area (Å²) in [6.07, 6.45) is 36.4. The van der Waals surface area contributed by atoms with Gasteiger partial charge in [0.15, 0.2) is 6.10 Å². The molecule has 0 saturated heterocycles. The van der Waals surface area contributed by atoms with Crippen molar-refractivity contribution in [1.82, 2.24) is 5.32 Å². The number of amides is 1. The molecule has 0 saturated carbocycles. The Morgan fingerprint density at radius 1 is 0.523 bits per heavy atom. The highest BCUT2D eigenvalue weighted by atomic mass is 31.2. The lowest BCUT2D eigenvalue weighted by molar-refractivity contribution is -0.161. The predicted molar refractivity (Wildman–Crippen MR) is 265 cm³/mol. The van der Waals surface area contributed by atoms with Crippen LogP contribution in [0.2, 0.25) is 0 Å². The number of ether oxygens (including phenoxy) is 4. The third kappa shape index (κ3) is 44.5. The summed E-state index contributed by atoms with van der Waals surface area (Å²) in [6.45, 7) is 13.6. The first kappa shape index (κ1) is 63.3. The number of alkyl carbamates (subject to hydrolysis) is 1. The minimum Gasteiger partial charge on any atom is -0.462 e. The fourth-order valence-electron chi connectivity index (χ4n) is 7.47. The normalized spacial score (nSPS) is 13.4. The van der Waals surface area contributed by atoms with Gasteiger partial charge in [0.2, 0.25) is 0 Å². The van der Waals surface area contributed by atoms with Crippen molar-refractivity contribution in [3.8, 4) is 0 Å². The van der Waals surface area contributed by atoms with Crippen LogP contribution >= 0.6 is 7.82 Å². The number of rotatable bonds is 47. The molecule has 0 bridgehead atoms. The minimum atomic E-state index is -4.12. The van der Waals surface area contributed by atoms with E-state index in [1.54, 1.807) is 13.8 Å². The lowest BCUT2D eigenvalue weighted by Crippen LogP contribution is -2.37. The smallest absolute Gasteiger partial charge is 0.462 e. The predicted octanol–water partition coefficient (Wildman–Crippen LogP) is 15.5. The van der Waals surface area contributed by atoms with Crippen molar-refractivity contribution in [1.29, 1.82) is 0 Å². The Morgan fingerprint density at radius 2 is 0.923 bits per heavy atom. The largest absolute Gasteiger partial charge is 0.474 e. The summed E-state index contributed by atoms with van der Waals surface area (Å²) in [5, 5.41) is 2.58. The molecule has 0 aliphatic carbocycles. The lowest BCUT2D eigenvalue weighted by Gasteiger charge is -2.27. The molecule has 2 unspecified atom stereocenters. The van der Waals surface area contributed by atoms with E-state index >= 15 is 0 Å². The molecule has 0 aromatic rings. The second kappa shape index (κ2) is 42.4. The third-order valence-electron chi connectivity index (χ3n) is 11.6. The first-order chi connectivity index (χ1) is 31.1. The number of carbonyl (C=O) groups excluding carboxylic acids is 3. The average Bonchev–Trinajstić information content (AvgIpc) is 3.25. The first-order valence-electron chi connectivity index (χ1n) is 26.6. The average molecular weight is 948 g/mol. The molecule has 0 aromatic heterocycles. The van der Waals surface area contributed by atoms with Crippen LogP contribution in [0.3, 0.4) is 0 Å². The molecule has 0 radical (unpaired) electrons. The van der Waals surface area contributed by atoms with Crippen molar-refractivity contribution < 1.29 is 51.5 Å². The number of phosphoric ester groups is 1. The Kier molecular flexibility index (Phi) is 41.3. The molecule has 2 atom stereocenters. The molecule has 12 nitrogen and oxygen atoms in total. The van der Waals surface area contributed by atoms with Crippen LogP contribution in [0.5, 0.6) is 0 Å². The third-order valence-corrected chi connectivity index (χ3v) is 13.0. The molecular formula is C52H102NO11P. The van der Waals surface area contributed by atoms with Gasteiger partial charge in [0.25, 0.3) is 0 Å². The molecule has 13 heteroatoms. The van der Waals surface area contributed by atoms with Crippen molar-refractivity contribution >= 4 is 25.9 Å². The van der Waals surface area contributed by atoms with Crippen LogP contribution in [0, 0.1) is 0 Å². The topological polar surface area (TPSA) is 145 Å². The van der Waals surface area contributed by atoms with Gasteiger partial charge in [-0.3, -0.25) is 23.2 Å². The number of phosphoric acid groups is 1. The highest BCUT2D eigenvalue weighted by Crippen LogP contribution is 2.48. The Labute approximate surface area is 399 Å². The van der Waals surface area contributed by atoms with E-state index in [1.807, 2.05) is 20.8 Å². The second-order valence-electron chi connectivity index (χ2n) is 19.7. The van der Waals surface area contributed by atoms with E-state index in [1.165, 1.54) is 155 Å². The van der Waals surface area contributed by atoms with Gasteiger partial charge >= 0.3 is 25.9 Å². The van der Waals surface area contributed by atoms with Crippen molar-refractivity contribution in [3.05, 3.63) is 0 Å². The van der Waals surface area contributed by atoms with Gasteiger partial charge in [-0.15, -0.1) is 0 Å². The molecule has 65 heavy (non-hydrogen) atoms. The SMILES string of the molecule is CCCCCCCCCCCCCCCCCC(=O)OCC(COP(=O)(OC)OCCNC(=O)OC(C)(C)CCOC(C)(C)C)OC(=O)CCCCCCCCCCCCCCCCC. The molecule has 0 rings (SSSR count). The number of esters is 2. The van der Waals surface area contributed by atoms with Gasteiger partial charge in [0.1, 0.15) is 12.2 Å². The van der Waals surface area contributed by atoms with Crippen molar-refractivity contribution in [2.75, 3.05) is 40.1 Å². The summed E-state index contributed by atoms with van der Waals surface area (Å²) in [4.78, 5) is 38.1. The van der Waals surface area contributed by atoms with E-state index in [4.69, 9.17) is 32.5 Å². The minimum absolute atomic E-state index is 0.0291. The van der Waals surface area contributed by atoms with E-state index in [0.29, 0.717) is 19.4 Å². The zero-order valence-electron chi connectivity index (χ0n) is 43.4. The van der Waals surface area contributed by atoms with E-state index in [-0.39, 0.29) is 50.8 Å². The quantitative estimate of drug-likeness (QED) is 0.0269. The molecule has 0 heterocycles. The molecule has 0 aromatic carbocycles. The maximum Gasteiger partial charge on any atom is 0.474 e. The fourth-order valence-corrected chi connectivity index (χ4v) is 8.42. The Balaban J connectivity index is 4.74. The lowest BCUT2D eigenvalue weighted by atomic mass is 10.0. The van der Waals surface area contributed by atoms with E-state index in [2.05, 4.69) is 19.2 Å². The summed E-state index contributed by atoms with van der Waals surface area (Å²) in [6, 6.07) is 0. The van der Waals surface area contributed by atoms with Crippen LogP contribution in [-0.4, -0.2) is 75.4 Å². The zero-order valence-corrected chi connectivity index (χ0v) is 44.3. The van der Waals surface area contributed by atoms with E-state index in [9.17, 15) is 18.9 Å². The number of carbonyl (C=O) groups is 3. The summed E-state index contributed by atoms with van der Waals surface area (Å²) in [7, 11) is -2.94. The second-order valence-corrected chi connectivity index (χ2v) is 21.5. The molecule has 0 spiro atoms. The van der Waals surface area contributed by atoms with Crippen LogP contribution in [0.15, 0.2) is 0 Å². The molecule has 386 valence electrons. The summed E-state index contributed by atoms with van der Waals surface area (Å²) < 4.78 is 51.8. The van der Waals surface area contributed by atoms with Crippen molar-refractivity contribution in [2.45, 2.75) is 278 Å². The van der Waals surface area contributed by atoms with Crippen LogP contribution in [0.25, 0.3) is 0 Å². The highest BCUT2D eigenvalue weighted by Gasteiger charge is 2.29. The van der Waals surface area contributed by atoms with E-state index < -0.39 is 31.6 Å². The molecule has 0 fully saturated rings. The Bertz CT molecular complexity index is 1180. The van der Waals surface area contributed by atoms with Crippen LogP contribution in [-0.2, 0) is 46.7 Å². The van der Waals surface area contributed by atoms with Crippen molar-refractivity contribution in [2.24, 2.45) is 0 Å². The van der Waals surface area contributed by atoms with Crippen LogP contribution < -0.4 is 5.32 Å². The van der Waals surface area contributed by atoms with Gasteiger partial charge in [-0.2, -0.15) is 0 Å². The molecule has 1 N–H and O–H groups in total. The first-order valence-corrected chi connectivity index (χ1v) is 28.0. The standard InChI is InChI=1S/C52H102NO11P/c1-9-11-13-15-17-19-21-23-25-27-29-31-33-35-37-39-48(54)59-45-47(63-49(55)40-38-36-34-32-30-28-26-24-22-20-18-16-14-12-10-2)46-62-65(57,58-8)61-44-42-53-50(56)64-52(6,7)41-43-60-51(3,4)5/h47H,9-46H2,1-8H3,(H,53,56). The van der Waals surface area contributed by atoms with Gasteiger partial charge in [0.05, 0.1) is 25.4 Å². The number of unbranched alkanes of at least 4 members (excludes halogenated alkanes) is 28. The number of hydrogen-bond donors (Lipinski definition) is 1. The number of nitrogens with one attached hydrogen (secondary N) is 1. The highest BCUT2D eigenvalue weighted by molar-refractivity contribution is 7.48. The Hall–Kier alpha value is -1.72. The Morgan fingerprint density at radius 3 is 1.32 bits per heavy atom. The molecule has 0 aliphatic heterocycles. The summed E-state index contributed by atoms with van der Waals surface area (Å²) in [5.41, 5.74) is -1.06. The van der Waals surface area contributed by atoms with Gasteiger partial charge < -0.3 is 24.3 Å². The molecular weight excluding hydrogens is 846 g/mol. The van der Waals surface area contributed by atoms with Crippen LogP contribution in [0.4, 0.5) is 4.79 Å². The van der Waals surface area contributed by atoms with Crippen molar-refractivity contribution in [3.63, 3.8) is 0 Å². The maximum absolute atomic E-state index is 13.3. The monoisotopic (exact) mass is 948 g/mol. The van der Waals surface area contributed by atoms with Gasteiger partial charge in [0, 0.05) is 32.9 Å². The summed E-state index contributed by atoms with van der Waals surface area (Å²) in [5.74, 6) is -0.812. The molecule has 0 aliphatic rings. The molecule has 1 amide bonds.